The zero-order valence-corrected chi connectivity index (χ0v) is 34.3. The van der Waals surface area contributed by atoms with Gasteiger partial charge in [0, 0.05) is 48.8 Å². The number of amides is 4. The molecule has 4 aliphatic rings. The Hall–Kier alpha value is -6.72. The number of imide groups is 2. The molecule has 0 bridgehead atoms. The summed E-state index contributed by atoms with van der Waals surface area (Å²) < 4.78 is 10.8. The fourth-order valence-corrected chi connectivity index (χ4v) is 10.2. The maximum Gasteiger partial charge on any atom is 0.301 e. The summed E-state index contributed by atoms with van der Waals surface area (Å²) >= 11 is 12.7. The molecule has 4 aromatic rings. The number of ether oxygens (including phenoxy) is 2. The fraction of sp³-hybridized carbons (Fsp3) is 0.286. The minimum absolute atomic E-state index is 0.0429. The van der Waals surface area contributed by atoms with Crippen molar-refractivity contribution in [2.24, 2.45) is 23.7 Å². The summed E-state index contributed by atoms with van der Waals surface area (Å²) in [6.45, 7) is 0. The number of phenols is 1. The predicted octanol–water partition coefficient (Wildman–Crippen LogP) is 6.79. The minimum atomic E-state index is -1.79. The van der Waals surface area contributed by atoms with Gasteiger partial charge in [-0.2, -0.15) is 5.01 Å². The molecular formula is C42H36Cl2N6O11. The Morgan fingerprint density at radius 1 is 0.836 bits per heavy atom. The largest absolute Gasteiger partial charge is 0.508 e. The lowest BCUT2D eigenvalue weighted by molar-refractivity contribution is -0.392. The predicted molar refractivity (Wildman–Crippen MR) is 222 cm³/mol. The van der Waals surface area contributed by atoms with Crippen LogP contribution in [-0.2, 0) is 24.6 Å². The van der Waals surface area contributed by atoms with Gasteiger partial charge in [-0.15, -0.1) is 0 Å². The van der Waals surface area contributed by atoms with Gasteiger partial charge in [-0.05, 0) is 60.7 Å². The van der Waals surface area contributed by atoms with Crippen molar-refractivity contribution in [3.05, 3.63) is 126 Å². The van der Waals surface area contributed by atoms with E-state index in [-0.39, 0.29) is 46.2 Å². The van der Waals surface area contributed by atoms with Crippen LogP contribution in [0.5, 0.6) is 17.2 Å². The van der Waals surface area contributed by atoms with Crippen LogP contribution in [0.15, 0.2) is 84.4 Å². The Morgan fingerprint density at radius 3 is 2.05 bits per heavy atom. The Bertz CT molecular complexity index is 2590. The van der Waals surface area contributed by atoms with Gasteiger partial charge in [0.1, 0.15) is 17.2 Å². The van der Waals surface area contributed by atoms with E-state index in [0.717, 1.165) is 22.0 Å². The summed E-state index contributed by atoms with van der Waals surface area (Å²) in [5.41, 5.74) is 0.341. The third kappa shape index (κ3) is 6.20. The van der Waals surface area contributed by atoms with Gasteiger partial charge in [-0.25, -0.2) is 4.90 Å². The van der Waals surface area contributed by atoms with Crippen LogP contribution in [0.3, 0.4) is 0 Å². The number of phenolic OH excluding ortho intramolecular Hbond substituents is 1. The van der Waals surface area contributed by atoms with Gasteiger partial charge in [0.2, 0.25) is 11.8 Å². The van der Waals surface area contributed by atoms with Crippen molar-refractivity contribution < 1.29 is 43.6 Å². The molecule has 6 atom stereocenters. The number of nitrogens with one attached hydrogen (secondary N) is 1. The summed E-state index contributed by atoms with van der Waals surface area (Å²) in [6.07, 6.45) is 1.56. The van der Waals surface area contributed by atoms with Gasteiger partial charge in [0.05, 0.1) is 63.6 Å². The lowest BCUT2D eigenvalue weighted by atomic mass is 9.49. The third-order valence-corrected chi connectivity index (χ3v) is 12.8. The molecule has 19 heteroatoms. The van der Waals surface area contributed by atoms with Crippen molar-refractivity contribution in [2.75, 3.05) is 43.5 Å². The van der Waals surface area contributed by atoms with Gasteiger partial charge in [0.25, 0.3) is 11.8 Å². The van der Waals surface area contributed by atoms with Gasteiger partial charge in [-0.3, -0.25) is 44.8 Å². The van der Waals surface area contributed by atoms with E-state index >= 15 is 9.59 Å². The van der Waals surface area contributed by atoms with Gasteiger partial charge in [-0.1, -0.05) is 53.1 Å². The van der Waals surface area contributed by atoms with Crippen LogP contribution in [0, 0.1) is 43.9 Å². The fourth-order valence-electron chi connectivity index (χ4n) is 9.79. The van der Waals surface area contributed by atoms with Crippen LogP contribution in [0.4, 0.5) is 28.4 Å². The van der Waals surface area contributed by atoms with Crippen molar-refractivity contribution in [3.63, 3.8) is 0 Å². The average molecular weight is 872 g/mol. The van der Waals surface area contributed by atoms with E-state index in [9.17, 15) is 34.9 Å². The quantitative estimate of drug-likeness (QED) is 0.0728. The molecule has 2 N–H and O–H groups in total. The van der Waals surface area contributed by atoms with E-state index < -0.39 is 79.9 Å². The van der Waals surface area contributed by atoms with Crippen molar-refractivity contribution in [3.8, 4) is 17.2 Å². The Morgan fingerprint density at radius 2 is 1.48 bits per heavy atom. The lowest BCUT2D eigenvalue weighted by Gasteiger charge is -2.50. The first kappa shape index (κ1) is 41.0. The van der Waals surface area contributed by atoms with Crippen molar-refractivity contribution >= 4 is 75.3 Å². The molecule has 4 aromatic carbocycles. The van der Waals surface area contributed by atoms with Crippen LogP contribution in [0.25, 0.3) is 0 Å². The number of nitrogens with zero attached hydrogens (tertiary/aromatic N) is 5. The van der Waals surface area contributed by atoms with Crippen LogP contribution < -0.4 is 24.7 Å². The Kier molecular flexibility index (Phi) is 10.1. The van der Waals surface area contributed by atoms with Crippen molar-refractivity contribution in [1.29, 1.82) is 0 Å². The van der Waals surface area contributed by atoms with Crippen LogP contribution in [-0.4, -0.2) is 71.9 Å². The number of benzene rings is 4. The highest BCUT2D eigenvalue weighted by Gasteiger charge is 2.71. The zero-order chi connectivity index (χ0) is 43.8. The molecule has 0 spiro atoms. The molecule has 2 aliphatic heterocycles. The van der Waals surface area contributed by atoms with Gasteiger partial charge in [0.15, 0.2) is 5.69 Å². The van der Waals surface area contributed by atoms with Crippen LogP contribution in [0.2, 0.25) is 10.0 Å². The summed E-state index contributed by atoms with van der Waals surface area (Å²) in [5, 5.41) is 37.6. The number of anilines is 3. The number of hydrogen-bond acceptors (Lipinski definition) is 13. The van der Waals surface area contributed by atoms with Crippen LogP contribution >= 0.6 is 23.2 Å². The first-order chi connectivity index (χ1) is 29.0. The number of fused-ring (bicyclic) bond motifs is 4. The molecule has 6 unspecified atom stereocenters. The number of carbonyl (C=O) groups is 4. The van der Waals surface area contributed by atoms with Gasteiger partial charge < -0.3 is 19.5 Å². The molecule has 17 nitrogen and oxygen atoms in total. The first-order valence-corrected chi connectivity index (χ1v) is 19.6. The first-order valence-electron chi connectivity index (χ1n) is 18.9. The average Bonchev–Trinajstić information content (AvgIpc) is 3.61. The normalized spacial score (nSPS) is 24.2. The molecule has 0 radical (unpaired) electrons. The molecule has 314 valence electrons. The number of rotatable bonds is 10. The maximum absolute atomic E-state index is 15.5. The third-order valence-electron chi connectivity index (χ3n) is 12.3. The number of carbonyl (C=O) groups excluding carboxylic acids is 4. The summed E-state index contributed by atoms with van der Waals surface area (Å²) in [6, 6.07) is 17.5. The van der Waals surface area contributed by atoms with E-state index in [0.29, 0.717) is 27.7 Å². The van der Waals surface area contributed by atoms with Crippen molar-refractivity contribution in [2.45, 2.75) is 24.2 Å². The van der Waals surface area contributed by atoms with Crippen LogP contribution in [0.1, 0.15) is 29.9 Å². The molecule has 0 aromatic heterocycles. The smallest absolute Gasteiger partial charge is 0.301 e. The van der Waals surface area contributed by atoms with E-state index in [4.69, 9.17) is 32.7 Å². The second-order valence-corrected chi connectivity index (χ2v) is 16.2. The van der Waals surface area contributed by atoms with Gasteiger partial charge >= 0.3 is 11.4 Å². The molecule has 8 rings (SSSR count). The molecule has 4 amide bonds. The topological polar surface area (TPSA) is 215 Å². The standard InChI is InChI=1S/C42H36Cl2N6O11/c1-46(2)37-32(49(56)57)16-22(17-33(37)50(58)59)47-38(52)27-13-12-25-28(35(27)40(47)54)19-29-39(53)48(45-31-14-7-21(43)15-30(31)44)41(55)42(29,20-5-8-23(60-3)9-6-20)36(25)26-11-10-24(61-4)18-34(26)51/h5-12,14-18,27-29,35-36,45,51H,13,19H2,1-4H3. The maximum atomic E-state index is 15.5. The highest BCUT2D eigenvalue weighted by molar-refractivity contribution is 6.36. The highest BCUT2D eigenvalue weighted by Crippen LogP contribution is 2.65. The Balaban J connectivity index is 1.33. The molecule has 2 saturated heterocycles. The number of allylic oxidation sites excluding steroid dienone is 2. The molecule has 3 fully saturated rings. The molecule has 1 saturated carbocycles. The van der Waals surface area contributed by atoms with E-state index in [1.165, 1.54) is 57.5 Å². The zero-order valence-electron chi connectivity index (χ0n) is 32.8. The summed E-state index contributed by atoms with van der Waals surface area (Å²) in [7, 11) is 5.68. The second-order valence-electron chi connectivity index (χ2n) is 15.4. The summed E-state index contributed by atoms with van der Waals surface area (Å²) in [4.78, 5) is 84.6. The summed E-state index contributed by atoms with van der Waals surface area (Å²) in [5.74, 6) is -7.94. The Labute approximate surface area is 357 Å². The number of aromatic hydroxyl groups is 1. The lowest BCUT2D eigenvalue weighted by Crippen LogP contribution is -2.53. The molecule has 61 heavy (non-hydrogen) atoms. The number of nitro groups is 2. The number of nitro benzene ring substituents is 2. The number of hydrazine groups is 1. The molecular weight excluding hydrogens is 835 g/mol. The van der Waals surface area contributed by atoms with E-state index in [2.05, 4.69) is 5.43 Å². The SMILES string of the molecule is COc1ccc(C23C(=O)N(Nc4ccc(Cl)cc4Cl)C(=O)C2CC2C(=CCC4C(=O)N(c5cc([N+](=O)[O-])c(N(C)C)c([N+](=O)[O-])c5)C(=O)C42)C3c2ccc(OC)cc2O)cc1. The second kappa shape index (κ2) is 15.1. The minimum Gasteiger partial charge on any atom is -0.508 e. The van der Waals surface area contributed by atoms with E-state index in [1.54, 1.807) is 42.5 Å². The van der Waals surface area contributed by atoms with E-state index in [1.807, 2.05) is 0 Å². The number of halogens is 2. The number of methoxy groups -OCH3 is 2. The monoisotopic (exact) mass is 870 g/mol. The van der Waals surface area contributed by atoms with Crippen molar-refractivity contribution in [1.82, 2.24) is 5.01 Å². The highest BCUT2D eigenvalue weighted by atomic mass is 35.5. The molecule has 2 aliphatic carbocycles. The number of hydrogen-bond donors (Lipinski definition) is 2. The molecule has 2 heterocycles.